The quantitative estimate of drug-likeness (QED) is 0.571. The highest BCUT2D eigenvalue weighted by molar-refractivity contribution is 6.33. The van der Waals surface area contributed by atoms with Crippen LogP contribution in [0, 0.1) is 6.92 Å². The molecule has 0 aromatic carbocycles. The number of aromatic nitrogens is 1. The maximum absolute atomic E-state index is 10.7. The van der Waals surface area contributed by atoms with E-state index in [4.69, 9.17) is 0 Å². The molecule has 0 aliphatic rings. The summed E-state index contributed by atoms with van der Waals surface area (Å²) < 4.78 is 0. The molecule has 0 radical (unpaired) electrons. The summed E-state index contributed by atoms with van der Waals surface area (Å²) in [7, 11) is 1.99. The SMILES string of the molecule is Bc1cc(NC(C)=O)ncc1C. The number of pyridine rings is 1. The van der Waals surface area contributed by atoms with Crippen LogP contribution in [-0.4, -0.2) is 18.7 Å². The standard InChI is InChI=1S/C8H11BN2O/c1-5-4-10-8(3-7(5)9)11-6(2)12/h3-4H,9H2,1-2H3,(H,10,11,12). The van der Waals surface area contributed by atoms with Crippen molar-refractivity contribution in [3.05, 3.63) is 17.8 Å². The van der Waals surface area contributed by atoms with E-state index >= 15 is 0 Å². The molecule has 1 aromatic rings. The van der Waals surface area contributed by atoms with Crippen molar-refractivity contribution in [2.24, 2.45) is 0 Å². The summed E-state index contributed by atoms with van der Waals surface area (Å²) in [6, 6.07) is 1.86. The molecule has 4 heteroatoms. The molecule has 0 saturated heterocycles. The molecule has 0 atom stereocenters. The average molecular weight is 162 g/mol. The molecule has 1 aromatic heterocycles. The number of hydrogen-bond acceptors (Lipinski definition) is 2. The van der Waals surface area contributed by atoms with E-state index in [1.54, 1.807) is 6.20 Å². The number of aryl methyl sites for hydroxylation is 1. The molecular weight excluding hydrogens is 151 g/mol. The molecule has 0 bridgehead atoms. The predicted molar refractivity (Wildman–Crippen MR) is 51.5 cm³/mol. The summed E-state index contributed by atoms with van der Waals surface area (Å²) in [6.45, 7) is 3.46. The summed E-state index contributed by atoms with van der Waals surface area (Å²) >= 11 is 0. The maximum atomic E-state index is 10.7. The van der Waals surface area contributed by atoms with Crippen LogP contribution >= 0.6 is 0 Å². The van der Waals surface area contributed by atoms with Gasteiger partial charge in [0, 0.05) is 13.1 Å². The highest BCUT2D eigenvalue weighted by Gasteiger charge is 1.98. The van der Waals surface area contributed by atoms with Gasteiger partial charge < -0.3 is 5.32 Å². The highest BCUT2D eigenvalue weighted by atomic mass is 16.1. The van der Waals surface area contributed by atoms with Crippen LogP contribution in [0.1, 0.15) is 12.5 Å². The number of anilines is 1. The molecule has 1 N–H and O–H groups in total. The largest absolute Gasteiger partial charge is 0.311 e. The fourth-order valence-corrected chi connectivity index (χ4v) is 0.873. The van der Waals surface area contributed by atoms with Crippen molar-refractivity contribution in [1.29, 1.82) is 0 Å². The third-order valence-corrected chi connectivity index (χ3v) is 1.68. The molecule has 3 nitrogen and oxygen atoms in total. The van der Waals surface area contributed by atoms with Gasteiger partial charge in [0.15, 0.2) is 0 Å². The zero-order chi connectivity index (χ0) is 9.14. The lowest BCUT2D eigenvalue weighted by Crippen LogP contribution is -2.13. The van der Waals surface area contributed by atoms with Crippen LogP contribution in [0.5, 0.6) is 0 Å². The molecular formula is C8H11BN2O. The van der Waals surface area contributed by atoms with Crippen LogP contribution in [0.25, 0.3) is 0 Å². The van der Waals surface area contributed by atoms with Crippen molar-refractivity contribution in [1.82, 2.24) is 4.98 Å². The smallest absolute Gasteiger partial charge is 0.222 e. The van der Waals surface area contributed by atoms with Crippen LogP contribution in [-0.2, 0) is 4.79 Å². The predicted octanol–water partition coefficient (Wildman–Crippen LogP) is -0.393. The summed E-state index contributed by atoms with van der Waals surface area (Å²) in [6.07, 6.45) is 1.75. The molecule has 12 heavy (non-hydrogen) atoms. The van der Waals surface area contributed by atoms with Gasteiger partial charge in [0.05, 0.1) is 0 Å². The van der Waals surface area contributed by atoms with Crippen LogP contribution in [0.15, 0.2) is 12.3 Å². The van der Waals surface area contributed by atoms with Crippen LogP contribution in [0.3, 0.4) is 0 Å². The first-order valence-electron chi connectivity index (χ1n) is 3.80. The lowest BCUT2D eigenvalue weighted by atomic mass is 9.93. The number of nitrogens with one attached hydrogen (secondary N) is 1. The Morgan fingerprint density at radius 2 is 2.33 bits per heavy atom. The third kappa shape index (κ3) is 2.08. The van der Waals surface area contributed by atoms with Crippen LogP contribution in [0.2, 0.25) is 0 Å². The molecule has 0 aliphatic carbocycles. The second kappa shape index (κ2) is 3.39. The summed E-state index contributed by atoms with van der Waals surface area (Å²) in [4.78, 5) is 14.7. The van der Waals surface area contributed by atoms with E-state index in [1.807, 2.05) is 20.8 Å². The Morgan fingerprint density at radius 1 is 1.67 bits per heavy atom. The number of nitrogens with zero attached hydrogens (tertiary/aromatic N) is 1. The van der Waals surface area contributed by atoms with Crippen molar-refractivity contribution < 1.29 is 4.79 Å². The van der Waals surface area contributed by atoms with E-state index in [-0.39, 0.29) is 5.91 Å². The molecule has 1 heterocycles. The molecule has 62 valence electrons. The van der Waals surface area contributed by atoms with Gasteiger partial charge in [-0.15, -0.1) is 0 Å². The second-order valence-corrected chi connectivity index (χ2v) is 2.83. The van der Waals surface area contributed by atoms with Crippen molar-refractivity contribution in [2.75, 3.05) is 5.32 Å². The first kappa shape index (κ1) is 8.78. The first-order chi connectivity index (χ1) is 5.59. The van der Waals surface area contributed by atoms with Gasteiger partial charge in [-0.05, 0) is 18.6 Å². The fraction of sp³-hybridized carbons (Fsp3) is 0.250. The first-order valence-corrected chi connectivity index (χ1v) is 3.80. The molecule has 0 fully saturated rings. The second-order valence-electron chi connectivity index (χ2n) is 2.83. The van der Waals surface area contributed by atoms with Gasteiger partial charge in [-0.1, -0.05) is 5.46 Å². The number of amides is 1. The van der Waals surface area contributed by atoms with Gasteiger partial charge in [0.1, 0.15) is 13.7 Å². The van der Waals surface area contributed by atoms with E-state index < -0.39 is 0 Å². The number of hydrogen-bond donors (Lipinski definition) is 1. The number of rotatable bonds is 1. The van der Waals surface area contributed by atoms with Gasteiger partial charge in [-0.3, -0.25) is 4.79 Å². The van der Waals surface area contributed by atoms with Crippen molar-refractivity contribution in [3.63, 3.8) is 0 Å². The summed E-state index contributed by atoms with van der Waals surface area (Å²) in [5.74, 6) is 0.524. The van der Waals surface area contributed by atoms with Gasteiger partial charge in [-0.2, -0.15) is 0 Å². The zero-order valence-corrected chi connectivity index (χ0v) is 7.51. The Balaban J connectivity index is 2.89. The monoisotopic (exact) mass is 162 g/mol. The van der Waals surface area contributed by atoms with E-state index in [0.717, 1.165) is 11.0 Å². The average Bonchev–Trinajstić information content (AvgIpc) is 1.96. The van der Waals surface area contributed by atoms with E-state index in [0.29, 0.717) is 5.82 Å². The van der Waals surface area contributed by atoms with Gasteiger partial charge >= 0.3 is 0 Å². The summed E-state index contributed by atoms with van der Waals surface area (Å²) in [5.41, 5.74) is 2.26. The molecule has 1 amide bonds. The molecule has 0 unspecified atom stereocenters. The number of carbonyl (C=O) groups is 1. The lowest BCUT2D eigenvalue weighted by molar-refractivity contribution is -0.114. The highest BCUT2D eigenvalue weighted by Crippen LogP contribution is 2.00. The lowest BCUT2D eigenvalue weighted by Gasteiger charge is -2.03. The Morgan fingerprint density at radius 3 is 2.83 bits per heavy atom. The van der Waals surface area contributed by atoms with E-state index in [9.17, 15) is 4.79 Å². The van der Waals surface area contributed by atoms with E-state index in [1.165, 1.54) is 6.92 Å². The Hall–Kier alpha value is -1.32. The van der Waals surface area contributed by atoms with Crippen molar-refractivity contribution >= 4 is 25.0 Å². The topological polar surface area (TPSA) is 42.0 Å². The normalized spacial score (nSPS) is 9.50. The van der Waals surface area contributed by atoms with Crippen LogP contribution < -0.4 is 10.8 Å². The maximum Gasteiger partial charge on any atom is 0.222 e. The Bertz CT molecular complexity index is 312. The minimum Gasteiger partial charge on any atom is -0.311 e. The molecule has 1 rings (SSSR count). The minimum atomic E-state index is -0.0919. The fourth-order valence-electron chi connectivity index (χ4n) is 0.873. The Kier molecular flexibility index (Phi) is 2.48. The molecule has 0 aliphatic heterocycles. The zero-order valence-electron chi connectivity index (χ0n) is 7.51. The van der Waals surface area contributed by atoms with E-state index in [2.05, 4.69) is 10.3 Å². The number of carbonyl (C=O) groups excluding carboxylic acids is 1. The minimum absolute atomic E-state index is 0.0919. The molecule has 0 spiro atoms. The van der Waals surface area contributed by atoms with Gasteiger partial charge in [0.2, 0.25) is 5.91 Å². The van der Waals surface area contributed by atoms with Gasteiger partial charge in [0.25, 0.3) is 0 Å². The summed E-state index contributed by atoms with van der Waals surface area (Å²) in [5, 5.41) is 2.62. The van der Waals surface area contributed by atoms with Gasteiger partial charge in [-0.25, -0.2) is 4.98 Å². The Labute approximate surface area is 72.6 Å². The third-order valence-electron chi connectivity index (χ3n) is 1.68. The molecule has 0 saturated carbocycles. The van der Waals surface area contributed by atoms with Crippen LogP contribution in [0.4, 0.5) is 5.82 Å². The van der Waals surface area contributed by atoms with Crippen molar-refractivity contribution in [3.8, 4) is 0 Å². The van der Waals surface area contributed by atoms with Crippen molar-refractivity contribution in [2.45, 2.75) is 13.8 Å².